The number of methoxy groups -OCH3 is 2. The van der Waals surface area contributed by atoms with Gasteiger partial charge in [0.05, 0.1) is 57.3 Å². The second kappa shape index (κ2) is 35.8. The van der Waals surface area contributed by atoms with Crippen LogP contribution in [0.25, 0.3) is 0 Å². The maximum atomic E-state index is 15.7. The first kappa shape index (κ1) is 76.0. The lowest BCUT2D eigenvalue weighted by Crippen LogP contribution is -2.50. The third kappa shape index (κ3) is 22.3. The molecule has 500 valence electrons. The van der Waals surface area contributed by atoms with Crippen LogP contribution in [0.5, 0.6) is 11.5 Å². The van der Waals surface area contributed by atoms with Crippen molar-refractivity contribution in [3.8, 4) is 11.5 Å². The van der Waals surface area contributed by atoms with E-state index in [0.717, 1.165) is 44.1 Å². The van der Waals surface area contributed by atoms with Gasteiger partial charge in [-0.05, 0) is 133 Å². The molecule has 2 amide bonds. The summed E-state index contributed by atoms with van der Waals surface area (Å²) in [7, 11) is 2.37. The second-order valence-electron chi connectivity index (χ2n) is 22.5. The number of rotatable bonds is 20. The Balaban J connectivity index is 0.000000370. The van der Waals surface area contributed by atoms with Gasteiger partial charge in [0.2, 0.25) is 5.78 Å². The molecule has 0 aliphatic carbocycles. The number of likely N-dealkylation sites (tertiary alicyclic amines) is 2. The summed E-state index contributed by atoms with van der Waals surface area (Å²) in [4.78, 5) is 101. The topological polar surface area (TPSA) is 251 Å². The molecule has 0 unspecified atom stereocenters. The predicted molar refractivity (Wildman–Crippen MR) is 317 cm³/mol. The molecule has 27 heteroatoms. The van der Waals surface area contributed by atoms with Crippen LogP contribution in [0.2, 0.25) is 0 Å². The van der Waals surface area contributed by atoms with Crippen molar-refractivity contribution in [3.05, 3.63) is 58.4 Å². The number of ketones is 2. The van der Waals surface area contributed by atoms with E-state index in [-0.39, 0.29) is 68.2 Å². The number of esters is 4. The molecular formula is C62H90F4N4O19. The Morgan fingerprint density at radius 1 is 0.584 bits per heavy atom. The van der Waals surface area contributed by atoms with Crippen LogP contribution in [-0.2, 0) is 61.8 Å². The number of hydrogen-bond donors (Lipinski definition) is 0. The van der Waals surface area contributed by atoms with Crippen molar-refractivity contribution in [1.29, 1.82) is 0 Å². The van der Waals surface area contributed by atoms with Crippen molar-refractivity contribution in [2.45, 2.75) is 159 Å². The van der Waals surface area contributed by atoms with Crippen molar-refractivity contribution >= 4 is 59.0 Å². The number of nitrogens with zero attached hydrogens (tertiary/aromatic N) is 4. The van der Waals surface area contributed by atoms with Crippen molar-refractivity contribution in [1.82, 2.24) is 9.80 Å². The second-order valence-corrected chi connectivity index (χ2v) is 22.5. The summed E-state index contributed by atoms with van der Waals surface area (Å²) < 4.78 is 117. The number of anilines is 2. The molecule has 4 saturated heterocycles. The average molecular weight is 1270 g/mol. The summed E-state index contributed by atoms with van der Waals surface area (Å²) >= 11 is 0. The molecule has 0 spiro atoms. The lowest BCUT2D eigenvalue weighted by atomic mass is 9.92. The first-order chi connectivity index (χ1) is 41.9. The fourth-order valence-electron chi connectivity index (χ4n) is 10.2. The molecule has 4 heterocycles. The highest BCUT2D eigenvalue weighted by Crippen LogP contribution is 2.44. The molecule has 6 rings (SSSR count). The van der Waals surface area contributed by atoms with Crippen LogP contribution in [-0.4, -0.2) is 180 Å². The minimum absolute atomic E-state index is 0.0215. The zero-order valence-electron chi connectivity index (χ0n) is 54.2. The van der Waals surface area contributed by atoms with E-state index >= 15 is 17.6 Å². The molecule has 4 atom stereocenters. The smallest absolute Gasteiger partial charge is 0.410 e. The lowest BCUT2D eigenvalue weighted by Gasteiger charge is -2.37. The van der Waals surface area contributed by atoms with Crippen LogP contribution in [0.4, 0.5) is 38.5 Å². The number of hydrogen-bond acceptors (Lipinski definition) is 21. The van der Waals surface area contributed by atoms with E-state index in [1.54, 1.807) is 81.9 Å². The molecule has 0 aromatic heterocycles. The lowest BCUT2D eigenvalue weighted by molar-refractivity contribution is -0.282. The molecule has 4 aliphatic heterocycles. The number of ether oxygens (including phenoxy) is 11. The highest BCUT2D eigenvalue weighted by Gasteiger charge is 2.46. The van der Waals surface area contributed by atoms with Crippen LogP contribution in [0, 0.1) is 35.1 Å². The largest absolute Gasteiger partial charge is 0.500 e. The summed E-state index contributed by atoms with van der Waals surface area (Å²) in [6.45, 7) is 27.5. The Kier molecular flexibility index (Phi) is 30.6. The molecule has 89 heavy (non-hydrogen) atoms. The number of piperidine rings is 2. The van der Waals surface area contributed by atoms with Crippen molar-refractivity contribution in [2.75, 3.05) is 103 Å². The number of fused-ring (bicyclic) bond motifs is 2. The summed E-state index contributed by atoms with van der Waals surface area (Å²) in [6.07, 6.45) is 2.50. The monoisotopic (exact) mass is 1270 g/mol. The zero-order valence-corrected chi connectivity index (χ0v) is 54.2. The maximum Gasteiger partial charge on any atom is 0.410 e. The van der Waals surface area contributed by atoms with Crippen molar-refractivity contribution in [3.63, 3.8) is 0 Å². The third-order valence-electron chi connectivity index (χ3n) is 13.6. The van der Waals surface area contributed by atoms with E-state index in [2.05, 4.69) is 4.74 Å². The molecule has 23 nitrogen and oxygen atoms in total. The van der Waals surface area contributed by atoms with Crippen LogP contribution in [0.3, 0.4) is 0 Å². The van der Waals surface area contributed by atoms with Gasteiger partial charge in [-0.15, -0.1) is 0 Å². The molecule has 0 bridgehead atoms. The quantitative estimate of drug-likeness (QED) is 0.0138. The Labute approximate surface area is 518 Å². The number of carbonyl (C=O) groups excluding carboxylic acids is 8. The molecule has 2 aromatic carbocycles. The Morgan fingerprint density at radius 3 is 1.36 bits per heavy atom. The van der Waals surface area contributed by atoms with Crippen LogP contribution >= 0.6 is 0 Å². The molecular weight excluding hydrogens is 1180 g/mol. The highest BCUT2D eigenvalue weighted by atomic mass is 19.1. The molecule has 0 N–H and O–H groups in total. The van der Waals surface area contributed by atoms with Gasteiger partial charge in [-0.1, -0.05) is 0 Å². The number of amides is 2. The normalized spacial score (nSPS) is 17.9. The van der Waals surface area contributed by atoms with Gasteiger partial charge < -0.3 is 71.7 Å². The van der Waals surface area contributed by atoms with E-state index in [9.17, 15) is 38.4 Å². The Morgan fingerprint density at radius 2 is 1.00 bits per heavy atom. The zero-order chi connectivity index (χ0) is 67.1. The molecule has 0 saturated carbocycles. The summed E-state index contributed by atoms with van der Waals surface area (Å²) in [5, 5.41) is 0. The van der Waals surface area contributed by atoms with Gasteiger partial charge in [0.1, 0.15) is 40.8 Å². The van der Waals surface area contributed by atoms with E-state index in [1.165, 1.54) is 28.1 Å². The Bertz CT molecular complexity index is 2760. The molecule has 4 fully saturated rings. The van der Waals surface area contributed by atoms with Crippen molar-refractivity contribution < 1.29 is 108 Å². The van der Waals surface area contributed by atoms with E-state index in [4.69, 9.17) is 47.4 Å². The molecule has 0 radical (unpaired) electrons. The molecule has 2 aromatic rings. The fourth-order valence-corrected chi connectivity index (χ4v) is 10.2. The van der Waals surface area contributed by atoms with Gasteiger partial charge in [0.15, 0.2) is 40.6 Å². The van der Waals surface area contributed by atoms with Gasteiger partial charge in [0.25, 0.3) is 6.48 Å². The van der Waals surface area contributed by atoms with Crippen molar-refractivity contribution in [2.24, 2.45) is 11.8 Å². The first-order valence-corrected chi connectivity index (χ1v) is 29.7. The van der Waals surface area contributed by atoms with Gasteiger partial charge in [0, 0.05) is 72.9 Å². The van der Waals surface area contributed by atoms with Crippen LogP contribution < -0.4 is 19.3 Å². The summed E-state index contributed by atoms with van der Waals surface area (Å²) in [5.74, 6) is -9.62. The number of benzene rings is 2. The SMILES string of the molecule is CC(=O)OC(C)=O.CCO/C=C(\C(=O)OCC)C(=O)c1cc(F)c(N2C[C@@H]3CCCN(C(=O)OC(C)(C)C)[C@@H]3C2)c(OC)c1F.CCOC(=O)CC(=O)c1cc(F)c(N2C[C@@H]3CCCN(C(=O)OC(C)(C)C)[C@@H]3C2)c(OC)c1F.CCOC(OCC)OCC. The Hall–Kier alpha value is -7.26. The number of halogens is 4. The van der Waals surface area contributed by atoms with Crippen LogP contribution in [0.1, 0.15) is 150 Å². The standard InChI is InChI=1S/C27H36F2N2O7.C24H32F2N2O6.C7H16O3.C4H6O3/c1-7-36-15-18(25(33)37-8-2)23(32)17-12-19(28)22(24(35-6)21(17)29)30-13-16-10-9-11-31(20(16)14-30)26(34)38-27(3,4)5;1-6-33-19(30)11-18(29)15-10-16(25)21(22(32-5)20(15)26)27-12-14-8-7-9-28(17(14)13-27)23(31)34-24(2,3)4;1-4-8-7(9-5-2)10-6-3;1-3(5)7-4(2)6/h12,15-16,20H,7-11,13-14H2,1-6H3;10,14,17H,6-9,11-13H2,1-5H3;7H,4-6H2,1-3H3;1-2H3/b18-15-;;;/t16-,20+;14-,17+;;/m00../s1. The van der Waals surface area contributed by atoms with Gasteiger partial charge >= 0.3 is 36.1 Å². The minimum Gasteiger partial charge on any atom is -0.500 e. The molecule has 4 aliphatic rings. The maximum absolute atomic E-state index is 15.7. The number of Topliss-reactive ketones (excluding diaryl/α,β-unsaturated/α-hetero) is 2. The highest BCUT2D eigenvalue weighted by molar-refractivity contribution is 6.24. The van der Waals surface area contributed by atoms with Gasteiger partial charge in [-0.25, -0.2) is 31.9 Å². The third-order valence-corrected chi connectivity index (χ3v) is 13.6. The van der Waals surface area contributed by atoms with Gasteiger partial charge in [-0.2, -0.15) is 0 Å². The first-order valence-electron chi connectivity index (χ1n) is 29.7. The van der Waals surface area contributed by atoms with E-state index in [0.29, 0.717) is 46.0 Å². The van der Waals surface area contributed by atoms with E-state index in [1.807, 2.05) is 20.8 Å². The number of carbonyl (C=O) groups is 8. The summed E-state index contributed by atoms with van der Waals surface area (Å²) in [6, 6.07) is 1.07. The fraction of sp³-hybridized carbons (Fsp3) is 0.645. The van der Waals surface area contributed by atoms with Gasteiger partial charge in [-0.3, -0.25) is 24.0 Å². The van der Waals surface area contributed by atoms with Crippen LogP contribution in [0.15, 0.2) is 24.0 Å². The van der Waals surface area contributed by atoms with E-state index < -0.39 is 123 Å². The minimum atomic E-state index is -1.11. The summed E-state index contributed by atoms with van der Waals surface area (Å²) in [5.41, 5.74) is -3.39. The average Bonchev–Trinajstić information content (AvgIpc) is 3.01. The predicted octanol–water partition coefficient (Wildman–Crippen LogP) is 9.90.